The van der Waals surface area contributed by atoms with E-state index in [-0.39, 0.29) is 5.91 Å². The molecule has 128 valence electrons. The van der Waals surface area contributed by atoms with Crippen LogP contribution >= 0.6 is 39.0 Å². The van der Waals surface area contributed by atoms with Crippen molar-refractivity contribution in [3.05, 3.63) is 45.4 Å². The van der Waals surface area contributed by atoms with Crippen LogP contribution in [0.15, 0.2) is 38.5 Å². The molecule has 1 aromatic heterocycles. The summed E-state index contributed by atoms with van der Waals surface area (Å²) in [7, 11) is 0. The molecule has 2 aromatic rings. The van der Waals surface area contributed by atoms with Gasteiger partial charge in [0.05, 0.1) is 12.1 Å². The van der Waals surface area contributed by atoms with E-state index in [9.17, 15) is 4.79 Å². The average molecular weight is 425 g/mol. The average Bonchev–Trinajstić information content (AvgIpc) is 3.02. The Kier molecular flexibility index (Phi) is 6.75. The van der Waals surface area contributed by atoms with E-state index < -0.39 is 0 Å². The number of carbonyl (C=O) groups is 1. The van der Waals surface area contributed by atoms with Gasteiger partial charge in [0, 0.05) is 21.6 Å². The summed E-state index contributed by atoms with van der Waals surface area (Å²) in [6, 6.07) is 8.71. The third-order valence-corrected chi connectivity index (χ3v) is 6.79. The lowest BCUT2D eigenvalue weighted by Crippen LogP contribution is -2.37. The van der Waals surface area contributed by atoms with E-state index in [0.29, 0.717) is 12.5 Å². The quantitative estimate of drug-likeness (QED) is 0.648. The number of nitrogens with one attached hydrogen (secondary N) is 1. The number of benzene rings is 1. The van der Waals surface area contributed by atoms with Crippen LogP contribution in [0, 0.1) is 0 Å². The molecule has 0 atom stereocenters. The Labute approximate surface area is 159 Å². The molecule has 24 heavy (non-hydrogen) atoms. The molecule has 0 spiro atoms. The number of amides is 1. The first-order chi connectivity index (χ1) is 11.7. The Morgan fingerprint density at radius 2 is 2.00 bits per heavy atom. The molecule has 6 heteroatoms. The number of rotatable bonds is 6. The van der Waals surface area contributed by atoms with Gasteiger partial charge in [0.15, 0.2) is 0 Å². The first-order valence-corrected chi connectivity index (χ1v) is 11.0. The molecule has 3 rings (SSSR count). The van der Waals surface area contributed by atoms with Crippen LogP contribution in [-0.2, 0) is 17.0 Å². The maximum absolute atomic E-state index is 12.1. The molecule has 0 bridgehead atoms. The van der Waals surface area contributed by atoms with E-state index in [0.717, 1.165) is 33.1 Å². The number of halogens is 1. The molecule has 1 aliphatic rings. The predicted molar refractivity (Wildman–Crippen MR) is 105 cm³/mol. The van der Waals surface area contributed by atoms with Gasteiger partial charge in [0.25, 0.3) is 0 Å². The molecule has 1 N–H and O–H groups in total. The Balaban J connectivity index is 1.46. The first kappa shape index (κ1) is 18.0. The van der Waals surface area contributed by atoms with Crippen molar-refractivity contribution in [3.8, 4) is 0 Å². The van der Waals surface area contributed by atoms with Crippen molar-refractivity contribution in [1.29, 1.82) is 0 Å². The summed E-state index contributed by atoms with van der Waals surface area (Å²) in [6.45, 7) is 0. The van der Waals surface area contributed by atoms with Gasteiger partial charge in [-0.05, 0) is 30.5 Å². The topological polar surface area (TPSA) is 42.0 Å². The van der Waals surface area contributed by atoms with E-state index in [4.69, 9.17) is 0 Å². The molecule has 3 nitrogen and oxygen atoms in total. The second-order valence-electron chi connectivity index (χ2n) is 6.10. The smallest absolute Gasteiger partial charge is 0.226 e. The fourth-order valence-corrected chi connectivity index (χ4v) is 4.92. The van der Waals surface area contributed by atoms with Gasteiger partial charge in [-0.25, -0.2) is 4.98 Å². The largest absolute Gasteiger partial charge is 0.353 e. The zero-order valence-electron chi connectivity index (χ0n) is 13.5. The highest BCUT2D eigenvalue weighted by molar-refractivity contribution is 9.10. The van der Waals surface area contributed by atoms with Crippen LogP contribution in [0.5, 0.6) is 0 Å². The Morgan fingerprint density at radius 3 is 2.75 bits per heavy atom. The lowest BCUT2D eigenvalue weighted by atomic mass is 9.95. The number of hydrogen-bond donors (Lipinski definition) is 1. The highest BCUT2D eigenvalue weighted by Crippen LogP contribution is 2.27. The lowest BCUT2D eigenvalue weighted by molar-refractivity contribution is -0.121. The molecular formula is C18H21BrN2OS2. The van der Waals surface area contributed by atoms with E-state index in [1.165, 1.54) is 24.8 Å². The second-order valence-corrected chi connectivity index (χ2v) is 9.10. The summed E-state index contributed by atoms with van der Waals surface area (Å²) in [4.78, 5) is 16.7. The lowest BCUT2D eigenvalue weighted by Gasteiger charge is -2.22. The number of hydrogen-bond acceptors (Lipinski definition) is 4. The van der Waals surface area contributed by atoms with Crippen molar-refractivity contribution >= 4 is 44.9 Å². The van der Waals surface area contributed by atoms with Gasteiger partial charge in [-0.2, -0.15) is 0 Å². The number of nitrogens with zero attached hydrogens (tertiary/aromatic N) is 1. The molecule has 1 amide bonds. The van der Waals surface area contributed by atoms with E-state index in [1.807, 2.05) is 5.38 Å². The Hall–Kier alpha value is -0.850. The van der Waals surface area contributed by atoms with Gasteiger partial charge in [-0.3, -0.25) is 4.79 Å². The van der Waals surface area contributed by atoms with Crippen molar-refractivity contribution in [2.75, 3.05) is 0 Å². The highest BCUT2D eigenvalue weighted by atomic mass is 79.9. The molecular weight excluding hydrogens is 404 g/mol. The van der Waals surface area contributed by atoms with Crippen molar-refractivity contribution in [2.45, 2.75) is 54.7 Å². The molecule has 1 saturated carbocycles. The molecule has 1 aliphatic carbocycles. The van der Waals surface area contributed by atoms with Gasteiger partial charge in [-0.15, -0.1) is 11.3 Å². The normalized spacial score (nSPS) is 15.4. The Morgan fingerprint density at radius 1 is 1.25 bits per heavy atom. The van der Waals surface area contributed by atoms with Crippen molar-refractivity contribution in [2.24, 2.45) is 0 Å². The van der Waals surface area contributed by atoms with Crippen molar-refractivity contribution in [3.63, 3.8) is 0 Å². The second kappa shape index (κ2) is 9.02. The standard InChI is InChI=1S/C18H21BrN2OS2/c19-14-8-6-13(7-9-14)11-23-18-21-16(12-24-18)10-17(22)20-15-4-2-1-3-5-15/h6-9,12,15H,1-5,10-11H2,(H,20,22). The highest BCUT2D eigenvalue weighted by Gasteiger charge is 2.16. The summed E-state index contributed by atoms with van der Waals surface area (Å²) in [5.41, 5.74) is 2.15. The maximum atomic E-state index is 12.1. The van der Waals surface area contributed by atoms with Crippen molar-refractivity contribution < 1.29 is 4.79 Å². The summed E-state index contributed by atoms with van der Waals surface area (Å²) < 4.78 is 2.12. The minimum absolute atomic E-state index is 0.108. The number of carbonyl (C=O) groups excluding carboxylic acids is 1. The number of aromatic nitrogens is 1. The third kappa shape index (κ3) is 5.60. The molecule has 0 radical (unpaired) electrons. The van der Waals surface area contributed by atoms with E-state index >= 15 is 0 Å². The van der Waals surface area contributed by atoms with Crippen molar-refractivity contribution in [1.82, 2.24) is 10.3 Å². The maximum Gasteiger partial charge on any atom is 0.226 e. The van der Waals surface area contributed by atoms with Crippen LogP contribution in [0.4, 0.5) is 0 Å². The zero-order chi connectivity index (χ0) is 16.8. The van der Waals surface area contributed by atoms with Crippen LogP contribution in [0.25, 0.3) is 0 Å². The van der Waals surface area contributed by atoms with Crippen LogP contribution in [0.3, 0.4) is 0 Å². The van der Waals surface area contributed by atoms with E-state index in [2.05, 4.69) is 50.5 Å². The minimum Gasteiger partial charge on any atom is -0.353 e. The van der Waals surface area contributed by atoms with Gasteiger partial charge in [-0.1, -0.05) is 59.1 Å². The minimum atomic E-state index is 0.108. The van der Waals surface area contributed by atoms with Crippen LogP contribution in [0.2, 0.25) is 0 Å². The fourth-order valence-electron chi connectivity index (χ4n) is 2.85. The molecule has 1 fully saturated rings. The monoisotopic (exact) mass is 424 g/mol. The fraction of sp³-hybridized carbons (Fsp3) is 0.444. The van der Waals surface area contributed by atoms with Gasteiger partial charge in [0.2, 0.25) is 5.91 Å². The number of thiazole rings is 1. The summed E-state index contributed by atoms with van der Waals surface area (Å²) in [6.07, 6.45) is 6.41. The van der Waals surface area contributed by atoms with E-state index in [1.54, 1.807) is 23.1 Å². The zero-order valence-corrected chi connectivity index (χ0v) is 16.7. The first-order valence-electron chi connectivity index (χ1n) is 8.30. The molecule has 0 unspecified atom stereocenters. The molecule has 0 saturated heterocycles. The third-order valence-electron chi connectivity index (χ3n) is 4.12. The molecule has 1 heterocycles. The summed E-state index contributed by atoms with van der Waals surface area (Å²) in [5.74, 6) is 1.01. The van der Waals surface area contributed by atoms with Gasteiger partial charge in [0.1, 0.15) is 4.34 Å². The van der Waals surface area contributed by atoms with Gasteiger partial charge >= 0.3 is 0 Å². The van der Waals surface area contributed by atoms with Crippen LogP contribution in [-0.4, -0.2) is 16.9 Å². The SMILES string of the molecule is O=C(Cc1csc(SCc2ccc(Br)cc2)n1)NC1CCCCC1. The van der Waals surface area contributed by atoms with Crippen LogP contribution < -0.4 is 5.32 Å². The summed E-state index contributed by atoms with van der Waals surface area (Å²) in [5, 5.41) is 5.16. The Bertz CT molecular complexity index is 666. The van der Waals surface area contributed by atoms with Gasteiger partial charge < -0.3 is 5.32 Å². The number of thioether (sulfide) groups is 1. The molecule has 1 aromatic carbocycles. The summed E-state index contributed by atoms with van der Waals surface area (Å²) >= 11 is 6.79. The molecule has 0 aliphatic heterocycles. The van der Waals surface area contributed by atoms with Crippen LogP contribution in [0.1, 0.15) is 43.4 Å². The predicted octanol–water partition coefficient (Wildman–Crippen LogP) is 5.19.